The van der Waals surface area contributed by atoms with Crippen LogP contribution in [0.5, 0.6) is 0 Å². The van der Waals surface area contributed by atoms with Gasteiger partial charge in [0.2, 0.25) is 0 Å². The van der Waals surface area contributed by atoms with Crippen LogP contribution in [-0.2, 0) is 0 Å². The highest BCUT2D eigenvalue weighted by Crippen LogP contribution is 2.18. The second-order valence-corrected chi connectivity index (χ2v) is 6.62. The summed E-state index contributed by atoms with van der Waals surface area (Å²) in [6, 6.07) is 11.1. The minimum absolute atomic E-state index is 0.114. The number of nitrogens with zero attached hydrogens (tertiary/aromatic N) is 2. The molecule has 25 heavy (non-hydrogen) atoms. The van der Waals surface area contributed by atoms with E-state index in [0.29, 0.717) is 29.9 Å². The zero-order chi connectivity index (χ0) is 18.4. The van der Waals surface area contributed by atoms with Crippen LogP contribution in [-0.4, -0.2) is 41.0 Å². The van der Waals surface area contributed by atoms with Crippen LogP contribution in [0.3, 0.4) is 0 Å². The smallest absolute Gasteiger partial charge is 0.251 e. The van der Waals surface area contributed by atoms with Gasteiger partial charge >= 0.3 is 0 Å². The molecule has 5 heteroatoms. The molecule has 0 bridgehead atoms. The van der Waals surface area contributed by atoms with E-state index < -0.39 is 0 Å². The first kappa shape index (κ1) is 19.1. The van der Waals surface area contributed by atoms with Gasteiger partial charge < -0.3 is 5.32 Å². The molecule has 0 atom stereocenters. The van der Waals surface area contributed by atoms with Gasteiger partial charge in [-0.25, -0.2) is 4.39 Å². The maximum Gasteiger partial charge on any atom is 0.251 e. The largest absolute Gasteiger partial charge is 0.351 e. The van der Waals surface area contributed by atoms with Crippen molar-refractivity contribution in [2.24, 2.45) is 0 Å². The fraction of sp³-hybridized carbons (Fsp3) is 0.400. The number of carbonyl (C=O) groups excluding carboxylic acids is 1. The Kier molecular flexibility index (Phi) is 6.65. The Labute approximate surface area is 149 Å². The van der Waals surface area contributed by atoms with Crippen molar-refractivity contribution in [3.8, 4) is 11.3 Å². The molecule has 1 N–H and O–H groups in total. The lowest BCUT2D eigenvalue weighted by molar-refractivity contribution is 0.0939. The van der Waals surface area contributed by atoms with Gasteiger partial charge in [-0.05, 0) is 52.0 Å². The van der Waals surface area contributed by atoms with E-state index in [0.717, 1.165) is 12.1 Å². The fourth-order valence-corrected chi connectivity index (χ4v) is 2.88. The minimum Gasteiger partial charge on any atom is -0.351 e. The van der Waals surface area contributed by atoms with E-state index in [1.807, 2.05) is 12.1 Å². The number of aromatic nitrogens is 1. The Balaban J connectivity index is 2.00. The van der Waals surface area contributed by atoms with E-state index in [4.69, 9.17) is 0 Å². The summed E-state index contributed by atoms with van der Waals surface area (Å²) < 4.78 is 13.0. The summed E-state index contributed by atoms with van der Waals surface area (Å²) in [5.74, 6) is -0.492. The third-order valence-electron chi connectivity index (χ3n) is 4.13. The van der Waals surface area contributed by atoms with Crippen LogP contribution in [0.1, 0.15) is 38.1 Å². The van der Waals surface area contributed by atoms with Gasteiger partial charge in [0.1, 0.15) is 5.82 Å². The second kappa shape index (κ2) is 8.72. The van der Waals surface area contributed by atoms with E-state index >= 15 is 0 Å². The summed E-state index contributed by atoms with van der Waals surface area (Å²) in [5, 5.41) is 2.97. The average Bonchev–Trinajstić information content (AvgIpc) is 2.58. The maximum absolute atomic E-state index is 13.0. The first-order valence-electron chi connectivity index (χ1n) is 8.64. The van der Waals surface area contributed by atoms with Crippen molar-refractivity contribution >= 4 is 5.91 Å². The first-order chi connectivity index (χ1) is 11.9. The summed E-state index contributed by atoms with van der Waals surface area (Å²) >= 11 is 0. The van der Waals surface area contributed by atoms with Crippen LogP contribution in [0.4, 0.5) is 4.39 Å². The second-order valence-electron chi connectivity index (χ2n) is 6.62. The van der Waals surface area contributed by atoms with Crippen molar-refractivity contribution < 1.29 is 9.18 Å². The molecule has 0 fully saturated rings. The Morgan fingerprint density at radius 3 is 2.48 bits per heavy atom. The van der Waals surface area contributed by atoms with Crippen molar-refractivity contribution in [2.45, 2.75) is 39.8 Å². The summed E-state index contributed by atoms with van der Waals surface area (Å²) in [6.07, 6.45) is 1.18. The summed E-state index contributed by atoms with van der Waals surface area (Å²) in [5.41, 5.74) is 2.00. The van der Waals surface area contributed by atoms with Crippen molar-refractivity contribution in [2.75, 3.05) is 13.1 Å². The predicted molar refractivity (Wildman–Crippen MR) is 98.9 cm³/mol. The number of hydrogen-bond donors (Lipinski definition) is 1. The molecule has 0 saturated heterocycles. The molecular formula is C20H26FN3O. The SMILES string of the molecule is CC(C)N(CCNC(=O)c1cccc(-c2ccc(F)cn2)c1)C(C)C. The molecule has 0 aliphatic carbocycles. The fourth-order valence-electron chi connectivity index (χ4n) is 2.88. The van der Waals surface area contributed by atoms with Crippen molar-refractivity contribution in [1.82, 2.24) is 15.2 Å². The number of halogens is 1. The maximum atomic E-state index is 13.0. The molecule has 1 amide bonds. The third kappa shape index (κ3) is 5.36. The van der Waals surface area contributed by atoms with Gasteiger partial charge in [-0.3, -0.25) is 14.7 Å². The van der Waals surface area contributed by atoms with Crippen molar-refractivity contribution in [3.63, 3.8) is 0 Å². The highest BCUT2D eigenvalue weighted by atomic mass is 19.1. The Bertz CT molecular complexity index is 690. The molecule has 1 aromatic heterocycles. The zero-order valence-corrected chi connectivity index (χ0v) is 15.3. The van der Waals surface area contributed by atoms with Crippen molar-refractivity contribution in [1.29, 1.82) is 0 Å². The van der Waals surface area contributed by atoms with E-state index in [1.165, 1.54) is 12.3 Å². The molecule has 2 rings (SSSR count). The van der Waals surface area contributed by atoms with Gasteiger partial charge in [0, 0.05) is 36.3 Å². The molecule has 0 spiro atoms. The van der Waals surface area contributed by atoms with Gasteiger partial charge in [-0.15, -0.1) is 0 Å². The molecule has 0 aliphatic heterocycles. The summed E-state index contributed by atoms with van der Waals surface area (Å²) in [4.78, 5) is 18.8. The summed E-state index contributed by atoms with van der Waals surface area (Å²) in [6.45, 7) is 10.0. The van der Waals surface area contributed by atoms with E-state index in [-0.39, 0.29) is 11.7 Å². The van der Waals surface area contributed by atoms with Gasteiger partial charge in [-0.2, -0.15) is 0 Å². The number of rotatable bonds is 7. The molecule has 4 nitrogen and oxygen atoms in total. The first-order valence-corrected chi connectivity index (χ1v) is 8.64. The van der Waals surface area contributed by atoms with Gasteiger partial charge in [0.05, 0.1) is 11.9 Å². The lowest BCUT2D eigenvalue weighted by Gasteiger charge is -2.30. The molecule has 134 valence electrons. The number of amides is 1. The number of pyridine rings is 1. The molecule has 0 unspecified atom stereocenters. The Hall–Kier alpha value is -2.27. The quantitative estimate of drug-likeness (QED) is 0.833. The molecule has 2 aromatic rings. The number of carbonyl (C=O) groups is 1. The lowest BCUT2D eigenvalue weighted by Crippen LogP contribution is -2.42. The lowest BCUT2D eigenvalue weighted by atomic mass is 10.1. The standard InChI is InChI=1S/C20H26FN3O/c1-14(2)24(15(3)4)11-10-22-20(25)17-7-5-6-16(12-17)19-9-8-18(21)13-23-19/h5-9,12-15H,10-11H2,1-4H3,(H,22,25). The zero-order valence-electron chi connectivity index (χ0n) is 15.3. The average molecular weight is 343 g/mol. The molecule has 0 saturated carbocycles. The van der Waals surface area contributed by atoms with Gasteiger partial charge in [-0.1, -0.05) is 12.1 Å². The Morgan fingerprint density at radius 1 is 1.16 bits per heavy atom. The van der Waals surface area contributed by atoms with Crippen LogP contribution < -0.4 is 5.32 Å². The van der Waals surface area contributed by atoms with E-state index in [9.17, 15) is 9.18 Å². The highest BCUT2D eigenvalue weighted by molar-refractivity contribution is 5.95. The minimum atomic E-state index is -0.377. The third-order valence-corrected chi connectivity index (χ3v) is 4.13. The highest BCUT2D eigenvalue weighted by Gasteiger charge is 2.14. The number of benzene rings is 1. The number of nitrogens with one attached hydrogen (secondary N) is 1. The number of hydrogen-bond acceptors (Lipinski definition) is 3. The normalized spacial score (nSPS) is 11.4. The van der Waals surface area contributed by atoms with E-state index in [1.54, 1.807) is 18.2 Å². The van der Waals surface area contributed by atoms with Crippen LogP contribution >= 0.6 is 0 Å². The van der Waals surface area contributed by atoms with Crippen molar-refractivity contribution in [3.05, 3.63) is 54.0 Å². The summed E-state index contributed by atoms with van der Waals surface area (Å²) in [7, 11) is 0. The molecule has 1 heterocycles. The van der Waals surface area contributed by atoms with Crippen LogP contribution in [0.15, 0.2) is 42.6 Å². The molecular weight excluding hydrogens is 317 g/mol. The topological polar surface area (TPSA) is 45.2 Å². The molecule has 0 aliphatic rings. The van der Waals surface area contributed by atoms with Gasteiger partial charge in [0.15, 0.2) is 0 Å². The van der Waals surface area contributed by atoms with Crippen LogP contribution in [0.25, 0.3) is 11.3 Å². The van der Waals surface area contributed by atoms with E-state index in [2.05, 4.69) is 42.9 Å². The predicted octanol–water partition coefficient (Wildman–Crippen LogP) is 3.74. The Morgan fingerprint density at radius 2 is 1.88 bits per heavy atom. The molecule has 0 radical (unpaired) electrons. The van der Waals surface area contributed by atoms with Crippen LogP contribution in [0, 0.1) is 5.82 Å². The van der Waals surface area contributed by atoms with Crippen LogP contribution in [0.2, 0.25) is 0 Å². The monoisotopic (exact) mass is 343 g/mol. The van der Waals surface area contributed by atoms with Gasteiger partial charge in [0.25, 0.3) is 5.91 Å². The molecule has 1 aromatic carbocycles.